The summed E-state index contributed by atoms with van der Waals surface area (Å²) in [5, 5.41) is 0. The van der Waals surface area contributed by atoms with E-state index in [1.165, 1.54) is 11.1 Å². The molecule has 2 rings (SSSR count). The lowest BCUT2D eigenvalue weighted by Crippen LogP contribution is -2.46. The van der Waals surface area contributed by atoms with Gasteiger partial charge in [-0.2, -0.15) is 0 Å². The van der Waals surface area contributed by atoms with Crippen LogP contribution in [0.2, 0.25) is 13.1 Å². The molecule has 1 aliphatic carbocycles. The highest BCUT2D eigenvalue weighted by atomic mass is 28.3. The zero-order valence-electron chi connectivity index (χ0n) is 11.3. The van der Waals surface area contributed by atoms with Crippen molar-refractivity contribution < 1.29 is 0 Å². The van der Waals surface area contributed by atoms with Crippen molar-refractivity contribution in [2.45, 2.75) is 45.3 Å². The Morgan fingerprint density at radius 1 is 1.24 bits per heavy atom. The molecule has 17 heavy (non-hydrogen) atoms. The number of hydrogen-bond acceptors (Lipinski definition) is 1. The van der Waals surface area contributed by atoms with Crippen molar-refractivity contribution in [3.63, 3.8) is 0 Å². The molecule has 0 unspecified atom stereocenters. The fourth-order valence-corrected chi connectivity index (χ4v) is 4.20. The van der Waals surface area contributed by atoms with E-state index in [4.69, 9.17) is 0 Å². The predicted molar refractivity (Wildman–Crippen MR) is 77.4 cm³/mol. The molecular formula is C15H22NSi. The average molecular weight is 244 g/mol. The molecule has 0 heterocycles. The van der Waals surface area contributed by atoms with Gasteiger partial charge in [0, 0.05) is 5.54 Å². The summed E-state index contributed by atoms with van der Waals surface area (Å²) >= 11 is 0. The van der Waals surface area contributed by atoms with E-state index in [1.54, 1.807) is 5.57 Å². The molecule has 1 radical (unpaired) electrons. The molecule has 0 bridgehead atoms. The summed E-state index contributed by atoms with van der Waals surface area (Å²) in [7, 11) is -0.377. The van der Waals surface area contributed by atoms with Gasteiger partial charge >= 0.3 is 0 Å². The van der Waals surface area contributed by atoms with Crippen LogP contribution in [0, 0.1) is 0 Å². The second-order valence-corrected chi connectivity index (χ2v) is 8.11. The minimum absolute atomic E-state index is 0.228. The minimum Gasteiger partial charge on any atom is -0.333 e. The Labute approximate surface area is 107 Å². The molecule has 0 saturated heterocycles. The first kappa shape index (κ1) is 12.6. The lowest BCUT2D eigenvalue weighted by atomic mass is 9.95. The van der Waals surface area contributed by atoms with Crippen LogP contribution in [0.4, 0.5) is 0 Å². The summed E-state index contributed by atoms with van der Waals surface area (Å²) in [6, 6.07) is 8.73. The molecule has 0 aromatic heterocycles. The Balaban J connectivity index is 2.04. The summed E-state index contributed by atoms with van der Waals surface area (Å²) < 4.78 is 0. The first-order valence-corrected chi connectivity index (χ1v) is 8.82. The molecule has 0 saturated carbocycles. The summed E-state index contributed by atoms with van der Waals surface area (Å²) in [6.07, 6.45) is 4.66. The molecule has 0 fully saturated rings. The topological polar surface area (TPSA) is 12.0 Å². The van der Waals surface area contributed by atoms with Gasteiger partial charge in [0.15, 0.2) is 0 Å². The molecule has 0 amide bonds. The van der Waals surface area contributed by atoms with Crippen molar-refractivity contribution in [1.29, 1.82) is 0 Å². The molecule has 0 atom stereocenters. The van der Waals surface area contributed by atoms with Gasteiger partial charge in [-0.25, -0.2) is 0 Å². The van der Waals surface area contributed by atoms with E-state index < -0.39 is 0 Å². The van der Waals surface area contributed by atoms with Gasteiger partial charge in [0.1, 0.15) is 8.96 Å². The van der Waals surface area contributed by atoms with Gasteiger partial charge < -0.3 is 4.98 Å². The monoisotopic (exact) mass is 244 g/mol. The Morgan fingerprint density at radius 2 is 1.94 bits per heavy atom. The van der Waals surface area contributed by atoms with Gasteiger partial charge in [0.25, 0.3) is 0 Å². The Hall–Kier alpha value is -0.863. The summed E-state index contributed by atoms with van der Waals surface area (Å²) in [6.45, 7) is 9.25. The van der Waals surface area contributed by atoms with Crippen molar-refractivity contribution in [3.05, 3.63) is 41.0 Å². The predicted octanol–water partition coefficient (Wildman–Crippen LogP) is 3.64. The largest absolute Gasteiger partial charge is 0.333 e. The first-order valence-electron chi connectivity index (χ1n) is 6.32. The molecule has 1 aromatic carbocycles. The smallest absolute Gasteiger partial charge is 0.127 e. The Kier molecular flexibility index (Phi) is 3.55. The van der Waals surface area contributed by atoms with Gasteiger partial charge in [-0.15, -0.1) is 0 Å². The lowest BCUT2D eigenvalue weighted by Gasteiger charge is -2.29. The summed E-state index contributed by atoms with van der Waals surface area (Å²) in [5.41, 5.74) is 4.69. The maximum Gasteiger partial charge on any atom is 0.127 e. The standard InChI is InChI=1S/C15H22NSi/c1-15(2,16-17(3)4)11-12-9-13-7-5-6-8-14(13)10-12/h5-9,16H,10-11H2,1-4H3. The van der Waals surface area contributed by atoms with Gasteiger partial charge in [0.05, 0.1) is 0 Å². The molecule has 91 valence electrons. The van der Waals surface area contributed by atoms with Crippen LogP contribution in [0.3, 0.4) is 0 Å². The quantitative estimate of drug-likeness (QED) is 0.798. The Bertz CT molecular complexity index is 432. The van der Waals surface area contributed by atoms with Gasteiger partial charge in [0.2, 0.25) is 0 Å². The second-order valence-electron chi connectivity index (χ2n) is 5.86. The molecule has 1 N–H and O–H groups in total. The highest BCUT2D eigenvalue weighted by molar-refractivity contribution is 6.53. The fourth-order valence-electron chi connectivity index (χ4n) is 2.75. The minimum atomic E-state index is -0.377. The average Bonchev–Trinajstić information content (AvgIpc) is 2.55. The van der Waals surface area contributed by atoms with E-state index in [2.05, 4.69) is 62.3 Å². The van der Waals surface area contributed by atoms with E-state index in [9.17, 15) is 0 Å². The van der Waals surface area contributed by atoms with Crippen LogP contribution in [-0.4, -0.2) is 14.5 Å². The van der Waals surface area contributed by atoms with E-state index >= 15 is 0 Å². The normalized spacial score (nSPS) is 15.0. The Morgan fingerprint density at radius 3 is 2.59 bits per heavy atom. The fraction of sp³-hybridized carbons (Fsp3) is 0.467. The maximum atomic E-state index is 3.73. The van der Waals surface area contributed by atoms with Gasteiger partial charge in [-0.3, -0.25) is 0 Å². The van der Waals surface area contributed by atoms with Gasteiger partial charge in [-0.1, -0.05) is 49.0 Å². The molecule has 1 aromatic rings. The molecule has 1 nitrogen and oxygen atoms in total. The van der Waals surface area contributed by atoms with Crippen LogP contribution < -0.4 is 4.98 Å². The van der Waals surface area contributed by atoms with Crippen LogP contribution in [0.1, 0.15) is 31.4 Å². The maximum absolute atomic E-state index is 3.73. The van der Waals surface area contributed by atoms with Gasteiger partial charge in [-0.05, 0) is 37.8 Å². The van der Waals surface area contributed by atoms with E-state index in [0.29, 0.717) is 0 Å². The van der Waals surface area contributed by atoms with Crippen molar-refractivity contribution in [2.24, 2.45) is 0 Å². The zero-order valence-corrected chi connectivity index (χ0v) is 12.3. The lowest BCUT2D eigenvalue weighted by molar-refractivity contribution is 0.461. The second kappa shape index (κ2) is 4.79. The number of rotatable bonds is 4. The third-order valence-electron chi connectivity index (χ3n) is 3.09. The van der Waals surface area contributed by atoms with Crippen molar-refractivity contribution in [3.8, 4) is 0 Å². The molecule has 0 spiro atoms. The van der Waals surface area contributed by atoms with E-state index in [-0.39, 0.29) is 14.5 Å². The van der Waals surface area contributed by atoms with Crippen LogP contribution in [-0.2, 0) is 6.42 Å². The first-order chi connectivity index (χ1) is 7.96. The molecule has 2 heteroatoms. The number of nitrogens with one attached hydrogen (secondary N) is 1. The zero-order chi connectivity index (χ0) is 12.5. The van der Waals surface area contributed by atoms with Crippen LogP contribution in [0.25, 0.3) is 6.08 Å². The highest BCUT2D eigenvalue weighted by Gasteiger charge is 2.23. The SMILES string of the molecule is C[Si](C)NC(C)(C)CC1=Cc2ccccc2C1. The van der Waals surface area contributed by atoms with Crippen molar-refractivity contribution in [1.82, 2.24) is 4.98 Å². The van der Waals surface area contributed by atoms with Crippen LogP contribution >= 0.6 is 0 Å². The number of hydrogen-bond donors (Lipinski definition) is 1. The molecule has 0 aliphatic heterocycles. The number of benzene rings is 1. The number of fused-ring (bicyclic) bond motifs is 1. The molecular weight excluding hydrogens is 222 g/mol. The third-order valence-corrected chi connectivity index (χ3v) is 4.27. The summed E-state index contributed by atoms with van der Waals surface area (Å²) in [5.74, 6) is 0. The van der Waals surface area contributed by atoms with E-state index in [0.717, 1.165) is 12.8 Å². The third kappa shape index (κ3) is 3.30. The highest BCUT2D eigenvalue weighted by Crippen LogP contribution is 2.29. The van der Waals surface area contributed by atoms with Crippen molar-refractivity contribution >= 4 is 15.0 Å². The summed E-state index contributed by atoms with van der Waals surface area (Å²) in [4.78, 5) is 3.73. The van der Waals surface area contributed by atoms with E-state index in [1.807, 2.05) is 0 Å². The van der Waals surface area contributed by atoms with Crippen LogP contribution in [0.5, 0.6) is 0 Å². The molecule has 1 aliphatic rings. The van der Waals surface area contributed by atoms with Crippen LogP contribution in [0.15, 0.2) is 29.8 Å². The van der Waals surface area contributed by atoms with Crippen molar-refractivity contribution in [2.75, 3.05) is 0 Å².